The van der Waals surface area contributed by atoms with Gasteiger partial charge in [-0.25, -0.2) is 0 Å². The predicted molar refractivity (Wildman–Crippen MR) is 57.1 cm³/mol. The molecule has 0 amide bonds. The van der Waals surface area contributed by atoms with E-state index in [9.17, 15) is 0 Å². The summed E-state index contributed by atoms with van der Waals surface area (Å²) in [6, 6.07) is 7.11. The smallest absolute Gasteiger partial charge is 0.115 e. The van der Waals surface area contributed by atoms with Crippen LogP contribution in [-0.4, -0.2) is 14.9 Å². The number of halogens is 1. The average molecular weight is 253 g/mol. The maximum atomic E-state index is 9.10. The second-order valence-corrected chi connectivity index (χ2v) is 3.94. The normalized spacial score (nSPS) is 10.4. The summed E-state index contributed by atoms with van der Waals surface area (Å²) in [6.07, 6.45) is 3.66. The number of hydrogen-bond donors (Lipinski definition) is 1. The fourth-order valence-electron chi connectivity index (χ4n) is 1.21. The van der Waals surface area contributed by atoms with Crippen LogP contribution in [0.3, 0.4) is 0 Å². The summed E-state index contributed by atoms with van der Waals surface area (Å²) >= 11 is 3.33. The van der Waals surface area contributed by atoms with Crippen molar-refractivity contribution < 1.29 is 5.11 Å². The van der Waals surface area contributed by atoms with Crippen LogP contribution in [0.25, 0.3) is 0 Å². The first-order chi connectivity index (χ1) is 6.74. The first-order valence-corrected chi connectivity index (χ1v) is 4.99. The molecule has 0 radical (unpaired) electrons. The summed E-state index contributed by atoms with van der Waals surface area (Å²) in [5.41, 5.74) is 1.11. The lowest BCUT2D eigenvalue weighted by Gasteiger charge is -2.01. The molecule has 2 aromatic rings. The quantitative estimate of drug-likeness (QED) is 0.892. The minimum absolute atomic E-state index is 0.287. The second-order valence-electron chi connectivity index (χ2n) is 3.02. The van der Waals surface area contributed by atoms with Crippen molar-refractivity contribution in [1.29, 1.82) is 0 Å². The van der Waals surface area contributed by atoms with Crippen LogP contribution in [0.5, 0.6) is 5.75 Å². The number of phenols is 1. The molecular formula is C10H9BrN2O. The van der Waals surface area contributed by atoms with Crippen molar-refractivity contribution in [3.05, 3.63) is 46.7 Å². The Kier molecular flexibility index (Phi) is 2.54. The van der Waals surface area contributed by atoms with Gasteiger partial charge >= 0.3 is 0 Å². The van der Waals surface area contributed by atoms with Crippen LogP contribution in [0, 0.1) is 0 Å². The third-order valence-corrected chi connectivity index (χ3v) is 2.29. The van der Waals surface area contributed by atoms with Gasteiger partial charge in [-0.15, -0.1) is 0 Å². The standard InChI is InChI=1S/C10H9BrN2O/c11-9-5-12-13(7-9)6-8-1-3-10(14)4-2-8/h1-5,7,14H,6H2. The van der Waals surface area contributed by atoms with Gasteiger partial charge in [-0.2, -0.15) is 5.10 Å². The Morgan fingerprint density at radius 3 is 2.57 bits per heavy atom. The van der Waals surface area contributed by atoms with Gasteiger partial charge < -0.3 is 5.11 Å². The Morgan fingerprint density at radius 1 is 1.29 bits per heavy atom. The number of nitrogens with zero attached hydrogens (tertiary/aromatic N) is 2. The van der Waals surface area contributed by atoms with Gasteiger partial charge in [0, 0.05) is 6.20 Å². The third-order valence-electron chi connectivity index (χ3n) is 1.88. The fourth-order valence-corrected chi connectivity index (χ4v) is 1.54. The predicted octanol–water partition coefficient (Wildman–Crippen LogP) is 2.40. The van der Waals surface area contributed by atoms with Crippen LogP contribution in [0.2, 0.25) is 0 Å². The molecule has 2 rings (SSSR count). The Balaban J connectivity index is 2.15. The summed E-state index contributed by atoms with van der Waals surface area (Å²) < 4.78 is 2.80. The fraction of sp³-hybridized carbons (Fsp3) is 0.100. The lowest BCUT2D eigenvalue weighted by atomic mass is 10.2. The van der Waals surface area contributed by atoms with E-state index in [1.807, 2.05) is 23.0 Å². The summed E-state index contributed by atoms with van der Waals surface area (Å²) in [5, 5.41) is 13.2. The molecular weight excluding hydrogens is 244 g/mol. The molecule has 0 aliphatic carbocycles. The van der Waals surface area contributed by atoms with E-state index in [-0.39, 0.29) is 5.75 Å². The van der Waals surface area contributed by atoms with E-state index >= 15 is 0 Å². The Hall–Kier alpha value is -1.29. The molecule has 4 heteroatoms. The highest BCUT2D eigenvalue weighted by Gasteiger charge is 1.97. The average Bonchev–Trinajstić information content (AvgIpc) is 2.56. The second kappa shape index (κ2) is 3.84. The van der Waals surface area contributed by atoms with Gasteiger partial charge in [0.15, 0.2) is 0 Å². The van der Waals surface area contributed by atoms with Gasteiger partial charge in [-0.3, -0.25) is 4.68 Å². The topological polar surface area (TPSA) is 38.0 Å². The monoisotopic (exact) mass is 252 g/mol. The van der Waals surface area contributed by atoms with Gasteiger partial charge in [0.25, 0.3) is 0 Å². The molecule has 0 bridgehead atoms. The SMILES string of the molecule is Oc1ccc(Cn2cc(Br)cn2)cc1. The van der Waals surface area contributed by atoms with Gasteiger partial charge in [-0.05, 0) is 33.6 Å². The van der Waals surface area contributed by atoms with Gasteiger partial charge in [-0.1, -0.05) is 12.1 Å². The lowest BCUT2D eigenvalue weighted by molar-refractivity contribution is 0.475. The molecule has 0 unspecified atom stereocenters. The molecule has 14 heavy (non-hydrogen) atoms. The molecule has 1 aromatic heterocycles. The molecule has 1 heterocycles. The molecule has 0 spiro atoms. The number of hydrogen-bond acceptors (Lipinski definition) is 2. The molecule has 72 valence electrons. The number of aromatic nitrogens is 2. The molecule has 3 nitrogen and oxygen atoms in total. The van der Waals surface area contributed by atoms with E-state index in [0.717, 1.165) is 10.0 Å². The van der Waals surface area contributed by atoms with E-state index in [4.69, 9.17) is 5.11 Å². The van der Waals surface area contributed by atoms with Crippen LogP contribution in [0.1, 0.15) is 5.56 Å². The highest BCUT2D eigenvalue weighted by atomic mass is 79.9. The summed E-state index contributed by atoms with van der Waals surface area (Å²) in [4.78, 5) is 0. The minimum atomic E-state index is 0.287. The molecule has 0 saturated heterocycles. The van der Waals surface area contributed by atoms with Crippen LogP contribution in [-0.2, 0) is 6.54 Å². The van der Waals surface area contributed by atoms with Crippen molar-refractivity contribution >= 4 is 15.9 Å². The van der Waals surface area contributed by atoms with Crippen LogP contribution < -0.4 is 0 Å². The molecule has 0 fully saturated rings. The molecule has 0 saturated carbocycles. The zero-order chi connectivity index (χ0) is 9.97. The molecule has 0 atom stereocenters. The highest BCUT2D eigenvalue weighted by molar-refractivity contribution is 9.10. The summed E-state index contributed by atoms with van der Waals surface area (Å²) in [7, 11) is 0. The Labute approximate surface area is 90.1 Å². The van der Waals surface area contributed by atoms with Gasteiger partial charge in [0.05, 0.1) is 17.2 Å². The van der Waals surface area contributed by atoms with Gasteiger partial charge in [0.1, 0.15) is 5.75 Å². The first-order valence-electron chi connectivity index (χ1n) is 4.20. The van der Waals surface area contributed by atoms with Gasteiger partial charge in [0.2, 0.25) is 0 Å². The van der Waals surface area contributed by atoms with E-state index in [0.29, 0.717) is 6.54 Å². The van der Waals surface area contributed by atoms with E-state index in [2.05, 4.69) is 21.0 Å². The van der Waals surface area contributed by atoms with Crippen molar-refractivity contribution in [3.63, 3.8) is 0 Å². The largest absolute Gasteiger partial charge is 0.508 e. The van der Waals surface area contributed by atoms with Crippen molar-refractivity contribution in [3.8, 4) is 5.75 Å². The number of benzene rings is 1. The van der Waals surface area contributed by atoms with Crippen LogP contribution in [0.4, 0.5) is 0 Å². The van der Waals surface area contributed by atoms with Crippen molar-refractivity contribution in [2.45, 2.75) is 6.54 Å². The van der Waals surface area contributed by atoms with Crippen LogP contribution >= 0.6 is 15.9 Å². The maximum absolute atomic E-state index is 9.10. The number of phenolic OH excluding ortho intramolecular Hbond substituents is 1. The first kappa shape index (κ1) is 9.27. The number of rotatable bonds is 2. The Morgan fingerprint density at radius 2 is 2.00 bits per heavy atom. The third kappa shape index (κ3) is 2.14. The molecule has 1 N–H and O–H groups in total. The van der Waals surface area contributed by atoms with Crippen molar-refractivity contribution in [2.24, 2.45) is 0 Å². The Bertz CT molecular complexity index is 422. The summed E-state index contributed by atoms with van der Waals surface area (Å²) in [6.45, 7) is 0.714. The number of aromatic hydroxyl groups is 1. The maximum Gasteiger partial charge on any atom is 0.115 e. The van der Waals surface area contributed by atoms with E-state index in [1.165, 1.54) is 0 Å². The molecule has 0 aliphatic rings. The van der Waals surface area contributed by atoms with Crippen molar-refractivity contribution in [1.82, 2.24) is 9.78 Å². The minimum Gasteiger partial charge on any atom is -0.508 e. The lowest BCUT2D eigenvalue weighted by Crippen LogP contribution is -1.99. The summed E-state index contributed by atoms with van der Waals surface area (Å²) in [5.74, 6) is 0.287. The van der Waals surface area contributed by atoms with E-state index in [1.54, 1.807) is 18.3 Å². The van der Waals surface area contributed by atoms with Crippen LogP contribution in [0.15, 0.2) is 41.1 Å². The zero-order valence-corrected chi connectivity index (χ0v) is 8.98. The highest BCUT2D eigenvalue weighted by Crippen LogP contribution is 2.12. The zero-order valence-electron chi connectivity index (χ0n) is 7.39. The molecule has 1 aromatic carbocycles. The van der Waals surface area contributed by atoms with Crippen molar-refractivity contribution in [2.75, 3.05) is 0 Å². The van der Waals surface area contributed by atoms with E-state index < -0.39 is 0 Å². The molecule has 0 aliphatic heterocycles.